The van der Waals surface area contributed by atoms with Gasteiger partial charge in [-0.2, -0.15) is 0 Å². The smallest absolute Gasteiger partial charge is 0.202 e. The van der Waals surface area contributed by atoms with Gasteiger partial charge in [-0.1, -0.05) is 103 Å². The lowest BCUT2D eigenvalue weighted by atomic mass is 9.94. The fourth-order valence-corrected chi connectivity index (χ4v) is 6.03. The Bertz CT molecular complexity index is 2070. The summed E-state index contributed by atoms with van der Waals surface area (Å²) >= 11 is 0. The molecule has 1 aliphatic rings. The molecule has 0 spiro atoms. The van der Waals surface area contributed by atoms with E-state index >= 15 is 0 Å². The molecule has 0 aliphatic carbocycles. The minimum Gasteiger partial charge on any atom is -0.440 e. The molecule has 0 amide bonds. The van der Waals surface area contributed by atoms with Gasteiger partial charge in [-0.3, -0.25) is 0 Å². The molecular formula is C39H28N2O. The van der Waals surface area contributed by atoms with E-state index < -0.39 is 0 Å². The number of para-hydroxylation sites is 2. The molecule has 8 rings (SSSR count). The van der Waals surface area contributed by atoms with Gasteiger partial charge in [-0.25, -0.2) is 0 Å². The third-order valence-corrected chi connectivity index (χ3v) is 8.09. The van der Waals surface area contributed by atoms with E-state index in [2.05, 4.69) is 150 Å². The first-order chi connectivity index (χ1) is 20.8. The van der Waals surface area contributed by atoms with E-state index in [0.717, 1.165) is 46.0 Å². The Labute approximate surface area is 245 Å². The predicted molar refractivity (Wildman–Crippen MR) is 176 cm³/mol. The van der Waals surface area contributed by atoms with Crippen molar-refractivity contribution in [2.75, 3.05) is 16.8 Å². The number of anilines is 4. The highest BCUT2D eigenvalue weighted by Crippen LogP contribution is 2.42. The normalized spacial score (nSPS) is 12.5. The molecule has 1 N–H and O–H groups in total. The van der Waals surface area contributed by atoms with Gasteiger partial charge in [0.15, 0.2) is 0 Å². The summed E-state index contributed by atoms with van der Waals surface area (Å²) in [6.07, 6.45) is 2.25. The Morgan fingerprint density at radius 2 is 1.14 bits per heavy atom. The van der Waals surface area contributed by atoms with Crippen molar-refractivity contribution in [3.05, 3.63) is 163 Å². The van der Waals surface area contributed by atoms with Gasteiger partial charge in [0.1, 0.15) is 5.58 Å². The number of fused-ring (bicyclic) bond motifs is 4. The largest absolute Gasteiger partial charge is 0.440 e. The average Bonchev–Trinajstić information content (AvgIpc) is 3.45. The van der Waals surface area contributed by atoms with Gasteiger partial charge >= 0.3 is 0 Å². The van der Waals surface area contributed by atoms with Crippen LogP contribution >= 0.6 is 0 Å². The van der Waals surface area contributed by atoms with Gasteiger partial charge in [0.05, 0.1) is 5.56 Å². The summed E-state index contributed by atoms with van der Waals surface area (Å²) in [6, 6.07) is 51.7. The Morgan fingerprint density at radius 1 is 0.524 bits per heavy atom. The molecule has 1 aliphatic heterocycles. The van der Waals surface area contributed by atoms with Gasteiger partial charge in [0.25, 0.3) is 0 Å². The van der Waals surface area contributed by atoms with Crippen LogP contribution in [0.25, 0.3) is 38.4 Å². The van der Waals surface area contributed by atoms with E-state index in [1.165, 1.54) is 33.0 Å². The second-order valence-electron chi connectivity index (χ2n) is 10.6. The molecule has 7 aromatic rings. The van der Waals surface area contributed by atoms with Crippen molar-refractivity contribution < 1.29 is 4.42 Å². The van der Waals surface area contributed by atoms with Crippen molar-refractivity contribution in [1.82, 2.24) is 0 Å². The minimum absolute atomic E-state index is 0.740. The molecule has 0 bridgehead atoms. The Morgan fingerprint density at radius 3 is 1.93 bits per heavy atom. The molecular weight excluding hydrogens is 512 g/mol. The zero-order valence-electron chi connectivity index (χ0n) is 23.0. The third kappa shape index (κ3) is 4.23. The first-order valence-electron chi connectivity index (χ1n) is 14.3. The number of benzene rings is 6. The lowest BCUT2D eigenvalue weighted by Crippen LogP contribution is -2.10. The second-order valence-corrected chi connectivity index (χ2v) is 10.6. The number of furan rings is 1. The summed E-state index contributed by atoms with van der Waals surface area (Å²) < 4.78 is 6.12. The zero-order valence-corrected chi connectivity index (χ0v) is 23.0. The molecule has 0 fully saturated rings. The van der Waals surface area contributed by atoms with E-state index in [9.17, 15) is 0 Å². The maximum atomic E-state index is 6.12. The SMILES string of the molecule is C1=C(c2ccc(N(c3ccccc3)c3ccc(-c4ccc5ccccc5c4)cc3)cc2)c2c(oc3ccccc23)NC1. The standard InChI is InChI=1S/C39H28N2O/c1-2-10-32(11-3-1)41(33-20-16-28(17-21-33)31-15-14-27-8-4-5-9-30(27)26-31)34-22-18-29(19-23-34)35-24-25-40-39-38(35)36-12-6-7-13-37(36)42-39/h1-24,26,40H,25H2. The first kappa shape index (κ1) is 24.3. The molecule has 3 heteroatoms. The molecule has 0 saturated heterocycles. The van der Waals surface area contributed by atoms with E-state index in [0.29, 0.717) is 0 Å². The van der Waals surface area contributed by atoms with Gasteiger partial charge in [-0.05, 0) is 81.6 Å². The van der Waals surface area contributed by atoms with Crippen LogP contribution in [0.1, 0.15) is 11.1 Å². The Kier molecular flexibility index (Phi) is 5.86. The summed E-state index contributed by atoms with van der Waals surface area (Å²) in [7, 11) is 0. The monoisotopic (exact) mass is 540 g/mol. The molecule has 42 heavy (non-hydrogen) atoms. The fraction of sp³-hybridized carbons (Fsp3) is 0.0256. The predicted octanol–water partition coefficient (Wildman–Crippen LogP) is 10.6. The lowest BCUT2D eigenvalue weighted by Gasteiger charge is -2.26. The topological polar surface area (TPSA) is 28.4 Å². The molecule has 2 heterocycles. The van der Waals surface area contributed by atoms with Crippen LogP contribution in [0, 0.1) is 0 Å². The van der Waals surface area contributed by atoms with E-state index in [1.54, 1.807) is 0 Å². The Balaban J connectivity index is 1.15. The van der Waals surface area contributed by atoms with Crippen LogP contribution in [0.5, 0.6) is 0 Å². The average molecular weight is 541 g/mol. The van der Waals surface area contributed by atoms with Gasteiger partial charge < -0.3 is 14.6 Å². The highest BCUT2D eigenvalue weighted by atomic mass is 16.3. The number of hydrogen-bond donors (Lipinski definition) is 1. The van der Waals surface area contributed by atoms with E-state index in [-0.39, 0.29) is 0 Å². The number of rotatable bonds is 5. The summed E-state index contributed by atoms with van der Waals surface area (Å²) in [5, 5.41) is 7.04. The maximum absolute atomic E-state index is 6.12. The van der Waals surface area contributed by atoms with Crippen molar-refractivity contribution in [3.8, 4) is 11.1 Å². The van der Waals surface area contributed by atoms with Crippen LogP contribution in [0.15, 0.2) is 156 Å². The lowest BCUT2D eigenvalue weighted by molar-refractivity contribution is 0.627. The molecule has 0 atom stereocenters. The van der Waals surface area contributed by atoms with Gasteiger partial charge in [0.2, 0.25) is 5.88 Å². The van der Waals surface area contributed by atoms with Crippen LogP contribution in [0.3, 0.4) is 0 Å². The molecule has 6 aromatic carbocycles. The highest BCUT2D eigenvalue weighted by Gasteiger charge is 2.22. The van der Waals surface area contributed by atoms with Crippen LogP contribution in [-0.4, -0.2) is 6.54 Å². The molecule has 0 unspecified atom stereocenters. The van der Waals surface area contributed by atoms with Crippen molar-refractivity contribution in [3.63, 3.8) is 0 Å². The minimum atomic E-state index is 0.740. The van der Waals surface area contributed by atoms with Crippen LogP contribution in [0.4, 0.5) is 22.9 Å². The van der Waals surface area contributed by atoms with Crippen molar-refractivity contribution >= 4 is 50.3 Å². The second kappa shape index (κ2) is 10.1. The number of nitrogens with zero attached hydrogens (tertiary/aromatic N) is 1. The molecule has 0 saturated carbocycles. The quantitative estimate of drug-likeness (QED) is 0.235. The number of nitrogens with one attached hydrogen (secondary N) is 1. The zero-order chi connectivity index (χ0) is 27.9. The first-order valence-corrected chi connectivity index (χ1v) is 14.3. The van der Waals surface area contributed by atoms with Crippen molar-refractivity contribution in [2.45, 2.75) is 0 Å². The highest BCUT2D eigenvalue weighted by molar-refractivity contribution is 6.02. The van der Waals surface area contributed by atoms with E-state index in [4.69, 9.17) is 4.42 Å². The maximum Gasteiger partial charge on any atom is 0.202 e. The third-order valence-electron chi connectivity index (χ3n) is 8.09. The summed E-state index contributed by atoms with van der Waals surface area (Å²) in [6.45, 7) is 0.740. The Hall–Kier alpha value is -5.54. The summed E-state index contributed by atoms with van der Waals surface area (Å²) in [5.74, 6) is 0.843. The number of hydrogen-bond acceptors (Lipinski definition) is 3. The van der Waals surface area contributed by atoms with Crippen molar-refractivity contribution in [1.29, 1.82) is 0 Å². The van der Waals surface area contributed by atoms with Crippen LogP contribution < -0.4 is 10.2 Å². The van der Waals surface area contributed by atoms with Gasteiger partial charge in [0, 0.05) is 29.0 Å². The summed E-state index contributed by atoms with van der Waals surface area (Å²) in [4.78, 5) is 2.31. The molecule has 3 nitrogen and oxygen atoms in total. The van der Waals surface area contributed by atoms with Gasteiger partial charge in [-0.15, -0.1) is 0 Å². The van der Waals surface area contributed by atoms with Crippen LogP contribution in [0.2, 0.25) is 0 Å². The molecule has 200 valence electrons. The molecule has 0 radical (unpaired) electrons. The van der Waals surface area contributed by atoms with Crippen molar-refractivity contribution in [2.24, 2.45) is 0 Å². The molecule has 1 aromatic heterocycles. The van der Waals surface area contributed by atoms with E-state index in [1.807, 2.05) is 12.1 Å². The summed E-state index contributed by atoms with van der Waals surface area (Å²) in [5.41, 5.74) is 10.2. The fourth-order valence-electron chi connectivity index (χ4n) is 6.03. The van der Waals surface area contributed by atoms with Crippen LogP contribution in [-0.2, 0) is 0 Å².